The van der Waals surface area contributed by atoms with E-state index >= 15 is 0 Å². The summed E-state index contributed by atoms with van der Waals surface area (Å²) >= 11 is 0. The van der Waals surface area contributed by atoms with E-state index in [1.165, 1.54) is 6.42 Å². The minimum Gasteiger partial charge on any atom is -0.379 e. The van der Waals surface area contributed by atoms with Crippen LogP contribution in [0.3, 0.4) is 0 Å². The topological polar surface area (TPSA) is 24.5 Å². The Morgan fingerprint density at radius 2 is 2.31 bits per heavy atom. The lowest BCUT2D eigenvalue weighted by molar-refractivity contribution is 0.109. The zero-order chi connectivity index (χ0) is 9.26. The third kappa shape index (κ3) is 1.87. The molecule has 1 N–H and O–H groups in total. The van der Waals surface area contributed by atoms with E-state index in [0.29, 0.717) is 18.0 Å². The first-order valence-electron chi connectivity index (χ1n) is 5.36. The molecule has 0 saturated carbocycles. The van der Waals surface area contributed by atoms with E-state index in [-0.39, 0.29) is 0 Å². The zero-order valence-corrected chi connectivity index (χ0v) is 8.62. The van der Waals surface area contributed by atoms with Crippen molar-refractivity contribution in [3.8, 4) is 0 Å². The van der Waals surface area contributed by atoms with Crippen molar-refractivity contribution in [1.29, 1.82) is 0 Å². The molecule has 0 aromatic carbocycles. The van der Waals surface area contributed by atoms with E-state index in [9.17, 15) is 0 Å². The number of hydrogen-bond acceptors (Lipinski definition) is 3. The van der Waals surface area contributed by atoms with Gasteiger partial charge in [0.2, 0.25) is 0 Å². The van der Waals surface area contributed by atoms with Crippen LogP contribution in [0.2, 0.25) is 0 Å². The summed E-state index contributed by atoms with van der Waals surface area (Å²) in [5.74, 6) is 0.712. The summed E-state index contributed by atoms with van der Waals surface area (Å²) in [6.07, 6.45) is 1.28. The molecule has 2 saturated heterocycles. The van der Waals surface area contributed by atoms with Gasteiger partial charge in [-0.15, -0.1) is 0 Å². The molecule has 0 amide bonds. The fraction of sp³-hybridized carbons (Fsp3) is 1.00. The van der Waals surface area contributed by atoms with Gasteiger partial charge in [0, 0.05) is 25.4 Å². The van der Waals surface area contributed by atoms with E-state index in [0.717, 1.165) is 26.4 Å². The maximum Gasteiger partial charge on any atom is 0.0635 e. The van der Waals surface area contributed by atoms with Crippen LogP contribution in [0.15, 0.2) is 0 Å². The summed E-state index contributed by atoms with van der Waals surface area (Å²) in [6.45, 7) is 8.55. The van der Waals surface area contributed by atoms with Gasteiger partial charge in [-0.3, -0.25) is 10.2 Å². The van der Waals surface area contributed by atoms with E-state index in [1.54, 1.807) is 0 Å². The SMILES string of the molecule is CCN1CNC2COC[C@H](C)CC21. The number of rotatable bonds is 1. The highest BCUT2D eigenvalue weighted by Gasteiger charge is 2.35. The number of likely N-dealkylation sites (N-methyl/N-ethyl adjacent to an activating group) is 1. The van der Waals surface area contributed by atoms with Gasteiger partial charge in [-0.05, 0) is 18.9 Å². The summed E-state index contributed by atoms with van der Waals surface area (Å²) in [7, 11) is 0. The second kappa shape index (κ2) is 3.95. The van der Waals surface area contributed by atoms with Gasteiger partial charge in [0.15, 0.2) is 0 Å². The Balaban J connectivity index is 2.02. The molecule has 2 aliphatic heterocycles. The molecule has 0 radical (unpaired) electrons. The third-order valence-electron chi connectivity index (χ3n) is 3.24. The predicted octanol–water partition coefficient (Wildman–Crippen LogP) is 0.663. The van der Waals surface area contributed by atoms with Crippen LogP contribution in [0.25, 0.3) is 0 Å². The predicted molar refractivity (Wildman–Crippen MR) is 52.6 cm³/mol. The van der Waals surface area contributed by atoms with Gasteiger partial charge in [0.05, 0.1) is 6.61 Å². The van der Waals surface area contributed by atoms with E-state index < -0.39 is 0 Å². The first-order valence-corrected chi connectivity index (χ1v) is 5.36. The molecule has 0 spiro atoms. The Kier molecular flexibility index (Phi) is 2.86. The lowest BCUT2D eigenvalue weighted by atomic mass is 9.99. The molecule has 0 aromatic rings. The summed E-state index contributed by atoms with van der Waals surface area (Å²) in [4.78, 5) is 2.52. The van der Waals surface area contributed by atoms with Crippen molar-refractivity contribution in [3.63, 3.8) is 0 Å². The minimum atomic E-state index is 0.574. The number of nitrogens with one attached hydrogen (secondary N) is 1. The Morgan fingerprint density at radius 3 is 3.08 bits per heavy atom. The Morgan fingerprint density at radius 1 is 1.46 bits per heavy atom. The summed E-state index contributed by atoms with van der Waals surface area (Å²) in [6, 6.07) is 1.28. The molecule has 2 rings (SSSR count). The first kappa shape index (κ1) is 9.44. The lowest BCUT2D eigenvalue weighted by Gasteiger charge is -2.24. The molecular weight excluding hydrogens is 164 g/mol. The van der Waals surface area contributed by atoms with E-state index in [2.05, 4.69) is 24.1 Å². The fourth-order valence-electron chi connectivity index (χ4n) is 2.45. The molecule has 2 fully saturated rings. The second-order valence-corrected chi connectivity index (χ2v) is 4.32. The second-order valence-electron chi connectivity index (χ2n) is 4.32. The molecule has 2 unspecified atom stereocenters. The van der Waals surface area contributed by atoms with Gasteiger partial charge in [-0.2, -0.15) is 0 Å². The smallest absolute Gasteiger partial charge is 0.0635 e. The van der Waals surface area contributed by atoms with Crippen LogP contribution in [0, 0.1) is 5.92 Å². The first-order chi connectivity index (χ1) is 6.31. The van der Waals surface area contributed by atoms with Crippen molar-refractivity contribution in [1.82, 2.24) is 10.2 Å². The number of ether oxygens (including phenoxy) is 1. The molecule has 3 heteroatoms. The van der Waals surface area contributed by atoms with Crippen LogP contribution in [0.4, 0.5) is 0 Å². The van der Waals surface area contributed by atoms with E-state index in [1.807, 2.05) is 0 Å². The number of fused-ring (bicyclic) bond motifs is 1. The number of nitrogens with zero attached hydrogens (tertiary/aromatic N) is 1. The summed E-state index contributed by atoms with van der Waals surface area (Å²) in [5.41, 5.74) is 0. The molecule has 0 bridgehead atoms. The maximum atomic E-state index is 5.62. The quantitative estimate of drug-likeness (QED) is 0.648. The molecular formula is C10H20N2O. The standard InChI is InChI=1S/C10H20N2O/c1-3-12-7-11-9-6-13-5-8(2)4-10(9)12/h8-11H,3-7H2,1-2H3/t8-,9?,10?/m1/s1. The summed E-state index contributed by atoms with van der Waals surface area (Å²) in [5, 5.41) is 3.52. The Hall–Kier alpha value is -0.120. The van der Waals surface area contributed by atoms with Crippen molar-refractivity contribution < 1.29 is 4.74 Å². The normalized spacial score (nSPS) is 41.5. The fourth-order valence-corrected chi connectivity index (χ4v) is 2.45. The van der Waals surface area contributed by atoms with Crippen molar-refractivity contribution in [3.05, 3.63) is 0 Å². The van der Waals surface area contributed by atoms with E-state index in [4.69, 9.17) is 4.74 Å². The van der Waals surface area contributed by atoms with Gasteiger partial charge in [0.25, 0.3) is 0 Å². The molecule has 0 aromatic heterocycles. The van der Waals surface area contributed by atoms with Crippen LogP contribution in [0.1, 0.15) is 20.3 Å². The molecule has 0 aliphatic carbocycles. The molecule has 2 aliphatic rings. The monoisotopic (exact) mass is 184 g/mol. The minimum absolute atomic E-state index is 0.574. The largest absolute Gasteiger partial charge is 0.379 e. The third-order valence-corrected chi connectivity index (χ3v) is 3.24. The van der Waals surface area contributed by atoms with Gasteiger partial charge >= 0.3 is 0 Å². The van der Waals surface area contributed by atoms with Crippen LogP contribution >= 0.6 is 0 Å². The Bertz CT molecular complexity index is 174. The molecule has 3 nitrogen and oxygen atoms in total. The maximum absolute atomic E-state index is 5.62. The molecule has 13 heavy (non-hydrogen) atoms. The van der Waals surface area contributed by atoms with Crippen LogP contribution in [0.5, 0.6) is 0 Å². The molecule has 3 atom stereocenters. The van der Waals surface area contributed by atoms with Crippen molar-refractivity contribution in [2.24, 2.45) is 5.92 Å². The average molecular weight is 184 g/mol. The lowest BCUT2D eigenvalue weighted by Crippen LogP contribution is -2.38. The van der Waals surface area contributed by atoms with Crippen LogP contribution < -0.4 is 5.32 Å². The summed E-state index contributed by atoms with van der Waals surface area (Å²) < 4.78 is 5.62. The van der Waals surface area contributed by atoms with Crippen molar-refractivity contribution in [2.45, 2.75) is 32.4 Å². The molecule has 2 heterocycles. The highest BCUT2D eigenvalue weighted by Crippen LogP contribution is 2.22. The highest BCUT2D eigenvalue weighted by molar-refractivity contribution is 4.92. The Labute approximate surface area is 80.4 Å². The van der Waals surface area contributed by atoms with Gasteiger partial charge < -0.3 is 4.74 Å². The van der Waals surface area contributed by atoms with Crippen LogP contribution in [-0.4, -0.2) is 43.4 Å². The van der Waals surface area contributed by atoms with Gasteiger partial charge in [-0.25, -0.2) is 0 Å². The van der Waals surface area contributed by atoms with Crippen molar-refractivity contribution in [2.75, 3.05) is 26.4 Å². The highest BCUT2D eigenvalue weighted by atomic mass is 16.5. The van der Waals surface area contributed by atoms with Gasteiger partial charge in [-0.1, -0.05) is 13.8 Å². The van der Waals surface area contributed by atoms with Crippen molar-refractivity contribution >= 4 is 0 Å². The number of hydrogen-bond donors (Lipinski definition) is 1. The van der Waals surface area contributed by atoms with Crippen LogP contribution in [-0.2, 0) is 4.74 Å². The zero-order valence-electron chi connectivity index (χ0n) is 8.62. The van der Waals surface area contributed by atoms with Gasteiger partial charge in [0.1, 0.15) is 0 Å². The average Bonchev–Trinajstić information content (AvgIpc) is 2.39. The molecule has 76 valence electrons.